The topological polar surface area (TPSA) is 58.1 Å². The summed E-state index contributed by atoms with van der Waals surface area (Å²) in [7, 11) is 0. The van der Waals surface area contributed by atoms with Crippen LogP contribution in [0.4, 0.5) is 15.9 Å². The van der Waals surface area contributed by atoms with Crippen LogP contribution >= 0.6 is 0 Å². The molecule has 2 aromatic rings. The minimum absolute atomic E-state index is 0.162. The van der Waals surface area contributed by atoms with Gasteiger partial charge in [-0.1, -0.05) is 12.1 Å². The van der Waals surface area contributed by atoms with Gasteiger partial charge < -0.3 is 10.2 Å². The number of nitrogens with zero attached hydrogens (tertiary/aromatic N) is 3. The average molecular weight is 288 g/mol. The fourth-order valence-electron chi connectivity index (χ4n) is 1.89. The Labute approximate surface area is 122 Å². The molecule has 2 rings (SSSR count). The Balaban J connectivity index is 2.12. The predicted octanol–water partition coefficient (Wildman–Crippen LogP) is 2.84. The highest BCUT2D eigenvalue weighted by molar-refractivity contribution is 5.92. The van der Waals surface area contributed by atoms with Crippen LogP contribution in [-0.4, -0.2) is 34.1 Å². The van der Waals surface area contributed by atoms with E-state index in [0.717, 1.165) is 0 Å². The van der Waals surface area contributed by atoms with Gasteiger partial charge >= 0.3 is 0 Å². The van der Waals surface area contributed by atoms with Crippen molar-refractivity contribution in [1.82, 2.24) is 15.1 Å². The van der Waals surface area contributed by atoms with Crippen LogP contribution in [0.25, 0.3) is 0 Å². The van der Waals surface area contributed by atoms with Crippen molar-refractivity contribution in [1.29, 1.82) is 0 Å². The molecule has 0 atom stereocenters. The molecule has 0 radical (unpaired) electrons. The summed E-state index contributed by atoms with van der Waals surface area (Å²) in [6, 6.07) is 9.47. The van der Waals surface area contributed by atoms with E-state index in [4.69, 9.17) is 0 Å². The maximum absolute atomic E-state index is 13.5. The van der Waals surface area contributed by atoms with Crippen molar-refractivity contribution in [2.24, 2.45) is 0 Å². The number of carbonyl (C=O) groups excluding carboxylic acids is 1. The van der Waals surface area contributed by atoms with Crippen LogP contribution in [0.2, 0.25) is 0 Å². The largest absolute Gasteiger partial charge is 0.338 e. The van der Waals surface area contributed by atoms with Crippen LogP contribution in [0.1, 0.15) is 24.3 Å². The van der Waals surface area contributed by atoms with E-state index in [1.807, 2.05) is 13.8 Å². The van der Waals surface area contributed by atoms with E-state index < -0.39 is 0 Å². The third-order valence-corrected chi connectivity index (χ3v) is 3.07. The fraction of sp³-hybridized carbons (Fsp3) is 0.267. The van der Waals surface area contributed by atoms with Crippen LogP contribution < -0.4 is 5.32 Å². The Hall–Kier alpha value is -2.50. The molecular weight excluding hydrogens is 271 g/mol. The summed E-state index contributed by atoms with van der Waals surface area (Å²) in [5, 5.41) is 10.6. The number of hydrogen-bond acceptors (Lipinski definition) is 4. The summed E-state index contributed by atoms with van der Waals surface area (Å²) in [5.41, 5.74) is 0.590. The van der Waals surface area contributed by atoms with E-state index in [1.165, 1.54) is 6.07 Å². The molecule has 1 N–H and O–H groups in total. The highest BCUT2D eigenvalue weighted by atomic mass is 19.1. The van der Waals surface area contributed by atoms with Gasteiger partial charge in [0, 0.05) is 13.1 Å². The summed E-state index contributed by atoms with van der Waals surface area (Å²) in [6.07, 6.45) is 0. The number of carbonyl (C=O) groups is 1. The molecule has 0 spiro atoms. The maximum atomic E-state index is 13.5. The van der Waals surface area contributed by atoms with E-state index in [-0.39, 0.29) is 17.4 Å². The van der Waals surface area contributed by atoms with E-state index in [2.05, 4.69) is 15.5 Å². The van der Waals surface area contributed by atoms with E-state index >= 15 is 0 Å². The molecule has 5 nitrogen and oxygen atoms in total. The molecular formula is C15H17FN4O. The molecule has 21 heavy (non-hydrogen) atoms. The van der Waals surface area contributed by atoms with Crippen molar-refractivity contribution in [3.8, 4) is 0 Å². The molecule has 6 heteroatoms. The molecule has 0 unspecified atom stereocenters. The first-order chi connectivity index (χ1) is 10.2. The van der Waals surface area contributed by atoms with Crippen molar-refractivity contribution in [2.45, 2.75) is 13.8 Å². The molecule has 1 heterocycles. The van der Waals surface area contributed by atoms with Gasteiger partial charge in [-0.25, -0.2) is 4.39 Å². The van der Waals surface area contributed by atoms with E-state index in [1.54, 1.807) is 35.2 Å². The molecule has 0 fully saturated rings. The maximum Gasteiger partial charge on any atom is 0.274 e. The first kappa shape index (κ1) is 14.9. The quantitative estimate of drug-likeness (QED) is 0.919. The highest BCUT2D eigenvalue weighted by Gasteiger charge is 2.14. The molecule has 1 aromatic heterocycles. The third-order valence-electron chi connectivity index (χ3n) is 3.07. The smallest absolute Gasteiger partial charge is 0.274 e. The summed E-state index contributed by atoms with van der Waals surface area (Å²) < 4.78 is 13.5. The van der Waals surface area contributed by atoms with Gasteiger partial charge in [-0.2, -0.15) is 0 Å². The zero-order valence-electron chi connectivity index (χ0n) is 12.0. The van der Waals surface area contributed by atoms with Gasteiger partial charge in [0.2, 0.25) is 0 Å². The fourth-order valence-corrected chi connectivity index (χ4v) is 1.89. The van der Waals surface area contributed by atoms with E-state index in [9.17, 15) is 9.18 Å². The molecule has 0 saturated heterocycles. The second-order valence-corrected chi connectivity index (χ2v) is 4.39. The first-order valence-corrected chi connectivity index (χ1v) is 6.80. The minimum atomic E-state index is -0.373. The van der Waals surface area contributed by atoms with Crippen LogP contribution in [0.15, 0.2) is 36.4 Å². The molecule has 1 amide bonds. The normalized spacial score (nSPS) is 10.2. The van der Waals surface area contributed by atoms with Gasteiger partial charge in [-0.15, -0.1) is 10.2 Å². The van der Waals surface area contributed by atoms with Gasteiger partial charge in [0.15, 0.2) is 11.5 Å². The number of aromatic nitrogens is 2. The standard InChI is InChI=1S/C15H17FN4O/c1-3-20(4-2)15(21)13-9-10-14(19-18-13)17-12-8-6-5-7-11(12)16/h5-10H,3-4H2,1-2H3,(H,17,19). The van der Waals surface area contributed by atoms with Crippen molar-refractivity contribution in [3.63, 3.8) is 0 Å². The molecule has 0 aliphatic heterocycles. The van der Waals surface area contributed by atoms with Crippen molar-refractivity contribution >= 4 is 17.4 Å². The number of nitrogens with one attached hydrogen (secondary N) is 1. The molecule has 0 aliphatic rings. The number of rotatable bonds is 5. The molecule has 1 aromatic carbocycles. The Bertz CT molecular complexity index is 611. The summed E-state index contributed by atoms with van der Waals surface area (Å²) in [6.45, 7) is 5.05. The molecule has 0 aliphatic carbocycles. The van der Waals surface area contributed by atoms with Crippen LogP contribution in [0, 0.1) is 5.82 Å². The van der Waals surface area contributed by atoms with Crippen molar-refractivity contribution < 1.29 is 9.18 Å². The lowest BCUT2D eigenvalue weighted by atomic mass is 10.3. The average Bonchev–Trinajstić information content (AvgIpc) is 2.51. The van der Waals surface area contributed by atoms with Gasteiger partial charge in [0.05, 0.1) is 5.69 Å². The summed E-state index contributed by atoms with van der Waals surface area (Å²) >= 11 is 0. The van der Waals surface area contributed by atoms with Gasteiger partial charge in [-0.05, 0) is 38.1 Å². The lowest BCUT2D eigenvalue weighted by molar-refractivity contribution is 0.0766. The minimum Gasteiger partial charge on any atom is -0.338 e. The number of hydrogen-bond donors (Lipinski definition) is 1. The van der Waals surface area contributed by atoms with Gasteiger partial charge in [0.1, 0.15) is 5.82 Å². The Morgan fingerprint density at radius 3 is 2.43 bits per heavy atom. The Kier molecular flexibility index (Phi) is 4.81. The summed E-state index contributed by atoms with van der Waals surface area (Å²) in [5.74, 6) is -0.149. The van der Waals surface area contributed by atoms with E-state index in [0.29, 0.717) is 24.6 Å². The SMILES string of the molecule is CCN(CC)C(=O)c1ccc(Nc2ccccc2F)nn1. The Morgan fingerprint density at radius 2 is 1.86 bits per heavy atom. The summed E-state index contributed by atoms with van der Waals surface area (Å²) in [4.78, 5) is 13.7. The lowest BCUT2D eigenvalue weighted by Gasteiger charge is -2.17. The van der Waals surface area contributed by atoms with Crippen LogP contribution in [0.5, 0.6) is 0 Å². The zero-order chi connectivity index (χ0) is 15.2. The number of amides is 1. The van der Waals surface area contributed by atoms with Crippen molar-refractivity contribution in [2.75, 3.05) is 18.4 Å². The van der Waals surface area contributed by atoms with Crippen molar-refractivity contribution in [3.05, 3.63) is 47.9 Å². The van der Waals surface area contributed by atoms with Crippen LogP contribution in [-0.2, 0) is 0 Å². The number of para-hydroxylation sites is 1. The predicted molar refractivity (Wildman–Crippen MR) is 79.0 cm³/mol. The number of anilines is 2. The monoisotopic (exact) mass is 288 g/mol. The molecule has 110 valence electrons. The van der Waals surface area contributed by atoms with Crippen LogP contribution in [0.3, 0.4) is 0 Å². The molecule has 0 saturated carbocycles. The highest BCUT2D eigenvalue weighted by Crippen LogP contribution is 2.17. The molecule has 0 bridgehead atoms. The number of halogens is 1. The first-order valence-electron chi connectivity index (χ1n) is 6.80. The second-order valence-electron chi connectivity index (χ2n) is 4.39. The lowest BCUT2D eigenvalue weighted by Crippen LogP contribution is -2.31. The third kappa shape index (κ3) is 3.53. The van der Waals surface area contributed by atoms with Gasteiger partial charge in [0.25, 0.3) is 5.91 Å². The van der Waals surface area contributed by atoms with Gasteiger partial charge in [-0.3, -0.25) is 4.79 Å². The number of benzene rings is 1. The second kappa shape index (κ2) is 6.78. The Morgan fingerprint density at radius 1 is 1.14 bits per heavy atom. The zero-order valence-corrected chi connectivity index (χ0v) is 12.0.